The van der Waals surface area contributed by atoms with Crippen LogP contribution in [0.2, 0.25) is 25.7 Å². The maximum absolute atomic E-state index is 12.1. The zero-order valence-corrected chi connectivity index (χ0v) is 23.8. The minimum atomic E-state index is -3.41. The van der Waals surface area contributed by atoms with E-state index in [2.05, 4.69) is 35.7 Å². The monoisotopic (exact) mass is 549 g/mol. The summed E-state index contributed by atoms with van der Waals surface area (Å²) in [6.07, 6.45) is 3.23. The van der Waals surface area contributed by atoms with Crippen molar-refractivity contribution in [2.24, 2.45) is 0 Å². The van der Waals surface area contributed by atoms with Gasteiger partial charge in [0, 0.05) is 26.9 Å². The number of nitrogens with zero attached hydrogens (tertiary/aromatic N) is 5. The number of hydrogen-bond donors (Lipinski definition) is 0. The van der Waals surface area contributed by atoms with Gasteiger partial charge >= 0.3 is 0 Å². The Morgan fingerprint density at radius 3 is 2.53 bits per heavy atom. The van der Waals surface area contributed by atoms with Gasteiger partial charge in [-0.05, 0) is 41.9 Å². The van der Waals surface area contributed by atoms with E-state index in [1.807, 2.05) is 28.8 Å². The molecule has 3 aromatic heterocycles. The maximum Gasteiger partial charge on any atom is 0.195 e. The molecule has 1 aromatic carbocycles. The van der Waals surface area contributed by atoms with Crippen molar-refractivity contribution in [2.45, 2.75) is 50.8 Å². The number of imidazole rings is 1. The Morgan fingerprint density at radius 1 is 1.08 bits per heavy atom. The highest BCUT2D eigenvalue weighted by molar-refractivity contribution is 7.91. The Hall–Kier alpha value is -3.59. The normalized spacial score (nSPS) is 12.0. The van der Waals surface area contributed by atoms with Crippen molar-refractivity contribution >= 4 is 28.9 Å². The number of benzene rings is 1. The SMILES string of the molecule is CCS(=O)(=O)c1ccc(Oc2cc(CC#N)c3nc(-c4ccccn4)n(COCC[Si](C)(C)C)c3c2)cn1. The third-order valence-corrected chi connectivity index (χ3v) is 9.27. The van der Waals surface area contributed by atoms with E-state index in [1.54, 1.807) is 25.3 Å². The Balaban J connectivity index is 1.75. The highest BCUT2D eigenvalue weighted by Gasteiger charge is 2.19. The molecule has 3 heterocycles. The van der Waals surface area contributed by atoms with Crippen molar-refractivity contribution in [1.29, 1.82) is 5.26 Å². The fraction of sp³-hybridized carbons (Fsp3) is 0.333. The van der Waals surface area contributed by atoms with Crippen LogP contribution in [0.15, 0.2) is 59.9 Å². The third-order valence-electron chi connectivity index (χ3n) is 5.93. The second-order valence-corrected chi connectivity index (χ2v) is 17.9. The molecule has 0 N–H and O–H groups in total. The minimum absolute atomic E-state index is 0.00141. The number of rotatable bonds is 11. The molecular formula is C27H31N5O4SSi. The summed E-state index contributed by atoms with van der Waals surface area (Å²) in [6, 6.07) is 15.5. The van der Waals surface area contributed by atoms with Crippen LogP contribution in [-0.4, -0.2) is 48.4 Å². The highest BCUT2D eigenvalue weighted by atomic mass is 32.2. The van der Waals surface area contributed by atoms with E-state index in [0.29, 0.717) is 40.7 Å². The Labute approximate surface area is 224 Å². The lowest BCUT2D eigenvalue weighted by atomic mass is 10.1. The fourth-order valence-electron chi connectivity index (χ4n) is 3.79. The highest BCUT2D eigenvalue weighted by Crippen LogP contribution is 2.32. The van der Waals surface area contributed by atoms with E-state index >= 15 is 0 Å². The van der Waals surface area contributed by atoms with Gasteiger partial charge in [0.05, 0.1) is 35.5 Å². The van der Waals surface area contributed by atoms with Gasteiger partial charge < -0.3 is 9.47 Å². The number of pyridine rings is 2. The second-order valence-electron chi connectivity index (χ2n) is 10.0. The average Bonchev–Trinajstić information content (AvgIpc) is 3.26. The van der Waals surface area contributed by atoms with Gasteiger partial charge in [-0.25, -0.2) is 18.4 Å². The van der Waals surface area contributed by atoms with Crippen molar-refractivity contribution in [3.8, 4) is 29.1 Å². The van der Waals surface area contributed by atoms with Gasteiger partial charge in [0.15, 0.2) is 20.7 Å². The molecule has 0 aliphatic rings. The number of fused-ring (bicyclic) bond motifs is 1. The van der Waals surface area contributed by atoms with Crippen LogP contribution in [0.3, 0.4) is 0 Å². The molecule has 0 bridgehead atoms. The van der Waals surface area contributed by atoms with E-state index in [9.17, 15) is 13.7 Å². The van der Waals surface area contributed by atoms with E-state index in [1.165, 1.54) is 12.3 Å². The summed E-state index contributed by atoms with van der Waals surface area (Å²) in [4.78, 5) is 13.4. The van der Waals surface area contributed by atoms with Crippen molar-refractivity contribution in [3.63, 3.8) is 0 Å². The van der Waals surface area contributed by atoms with Crippen molar-refractivity contribution in [2.75, 3.05) is 12.4 Å². The molecule has 0 amide bonds. The van der Waals surface area contributed by atoms with E-state index in [-0.39, 0.29) is 23.9 Å². The third kappa shape index (κ3) is 6.45. The lowest BCUT2D eigenvalue weighted by Gasteiger charge is -2.16. The predicted molar refractivity (Wildman–Crippen MR) is 148 cm³/mol. The van der Waals surface area contributed by atoms with Crippen LogP contribution in [0.5, 0.6) is 11.5 Å². The number of ether oxygens (including phenoxy) is 2. The first-order valence-corrected chi connectivity index (χ1v) is 17.7. The molecule has 0 aliphatic heterocycles. The topological polar surface area (TPSA) is 120 Å². The molecule has 0 saturated carbocycles. The number of sulfone groups is 1. The smallest absolute Gasteiger partial charge is 0.195 e. The van der Waals surface area contributed by atoms with Crippen molar-refractivity contribution in [3.05, 3.63) is 60.4 Å². The zero-order valence-electron chi connectivity index (χ0n) is 22.0. The van der Waals surface area contributed by atoms with E-state index < -0.39 is 17.9 Å². The molecule has 0 aliphatic carbocycles. The van der Waals surface area contributed by atoms with Crippen molar-refractivity contribution < 1.29 is 17.9 Å². The van der Waals surface area contributed by atoms with Gasteiger partial charge in [0.2, 0.25) is 0 Å². The van der Waals surface area contributed by atoms with Crippen molar-refractivity contribution in [1.82, 2.24) is 19.5 Å². The van der Waals surface area contributed by atoms with Gasteiger partial charge in [-0.1, -0.05) is 32.6 Å². The summed E-state index contributed by atoms with van der Waals surface area (Å²) in [5.74, 6) is 1.47. The summed E-state index contributed by atoms with van der Waals surface area (Å²) in [7, 11) is -4.67. The average molecular weight is 550 g/mol. The second kappa shape index (κ2) is 11.4. The Bertz CT molecular complexity index is 1560. The molecule has 9 nitrogen and oxygen atoms in total. The summed E-state index contributed by atoms with van der Waals surface area (Å²) in [5, 5.41) is 9.51. The zero-order chi connectivity index (χ0) is 27.3. The molecule has 198 valence electrons. The van der Waals surface area contributed by atoms with Crippen LogP contribution in [0.25, 0.3) is 22.6 Å². The van der Waals surface area contributed by atoms with E-state index in [0.717, 1.165) is 11.6 Å². The molecular weight excluding hydrogens is 518 g/mol. The predicted octanol–water partition coefficient (Wildman–Crippen LogP) is 5.46. The summed E-state index contributed by atoms with van der Waals surface area (Å²) in [5.41, 5.74) is 2.83. The molecule has 38 heavy (non-hydrogen) atoms. The molecule has 0 spiro atoms. The number of nitriles is 1. The fourth-order valence-corrected chi connectivity index (χ4v) is 5.34. The van der Waals surface area contributed by atoms with Crippen LogP contribution >= 0.6 is 0 Å². The van der Waals surface area contributed by atoms with Crippen LogP contribution in [0.1, 0.15) is 12.5 Å². The molecule has 4 aromatic rings. The summed E-state index contributed by atoms with van der Waals surface area (Å²) >= 11 is 0. The molecule has 0 saturated heterocycles. The van der Waals surface area contributed by atoms with Crippen LogP contribution in [-0.2, 0) is 27.7 Å². The summed E-state index contributed by atoms with van der Waals surface area (Å²) < 4.78 is 38.3. The maximum atomic E-state index is 12.1. The van der Waals surface area contributed by atoms with Crippen LogP contribution in [0, 0.1) is 11.3 Å². The molecule has 0 atom stereocenters. The van der Waals surface area contributed by atoms with Gasteiger partial charge in [0.1, 0.15) is 23.9 Å². The first-order chi connectivity index (χ1) is 18.1. The Morgan fingerprint density at radius 2 is 1.89 bits per heavy atom. The van der Waals surface area contributed by atoms with Crippen LogP contribution < -0.4 is 4.74 Å². The first kappa shape index (κ1) is 27.4. The van der Waals surface area contributed by atoms with Gasteiger partial charge in [-0.2, -0.15) is 5.26 Å². The van der Waals surface area contributed by atoms with Crippen LogP contribution in [0.4, 0.5) is 0 Å². The standard InChI is InChI=1S/C27H31N5O4SSi/c1-5-37(33,34)25-10-9-21(18-30-25)36-22-16-20(11-12-28)26-24(17-22)32(19-35-14-15-38(2,3)4)27(31-26)23-8-6-7-13-29-23/h6-10,13,16-18H,5,11,14-15,19H2,1-4H3. The van der Waals surface area contributed by atoms with Gasteiger partial charge in [0.25, 0.3) is 0 Å². The first-order valence-electron chi connectivity index (χ1n) is 12.4. The number of hydrogen-bond acceptors (Lipinski definition) is 8. The Kier molecular flexibility index (Phi) is 8.25. The lowest BCUT2D eigenvalue weighted by molar-refractivity contribution is 0.0909. The quantitative estimate of drug-likeness (QED) is 0.179. The van der Waals surface area contributed by atoms with Gasteiger partial charge in [-0.15, -0.1) is 0 Å². The minimum Gasteiger partial charge on any atom is -0.456 e. The number of aromatic nitrogens is 4. The molecule has 4 rings (SSSR count). The molecule has 0 fully saturated rings. The summed E-state index contributed by atoms with van der Waals surface area (Å²) in [6.45, 7) is 9.40. The molecule has 0 unspecified atom stereocenters. The molecule has 11 heteroatoms. The molecule has 0 radical (unpaired) electrons. The van der Waals surface area contributed by atoms with E-state index in [4.69, 9.17) is 14.5 Å². The largest absolute Gasteiger partial charge is 0.456 e. The van der Waals surface area contributed by atoms with Gasteiger partial charge in [-0.3, -0.25) is 9.55 Å². The lowest BCUT2D eigenvalue weighted by Crippen LogP contribution is -2.22.